The number of thiophene rings is 1. The van der Waals surface area contributed by atoms with Gasteiger partial charge in [-0.3, -0.25) is 0 Å². The summed E-state index contributed by atoms with van der Waals surface area (Å²) < 4.78 is 5.05. The lowest BCUT2D eigenvalue weighted by molar-refractivity contribution is 0.0662. The van der Waals surface area contributed by atoms with Crippen molar-refractivity contribution in [3.63, 3.8) is 0 Å². The van der Waals surface area contributed by atoms with Crippen molar-refractivity contribution >= 4 is 11.3 Å². The molecule has 0 aliphatic heterocycles. The summed E-state index contributed by atoms with van der Waals surface area (Å²) >= 11 is 1.72. The molecule has 2 atom stereocenters. The number of aliphatic hydroxyl groups excluding tert-OH is 1. The molecular weight excluding hydrogens is 184 g/mol. The second-order valence-electron chi connectivity index (χ2n) is 3.53. The van der Waals surface area contributed by atoms with E-state index in [1.165, 1.54) is 10.4 Å². The van der Waals surface area contributed by atoms with E-state index in [4.69, 9.17) is 4.74 Å². The van der Waals surface area contributed by atoms with E-state index in [0.717, 1.165) is 12.8 Å². The molecule has 0 aromatic carbocycles. The van der Waals surface area contributed by atoms with Gasteiger partial charge < -0.3 is 9.84 Å². The highest BCUT2D eigenvalue weighted by atomic mass is 32.1. The maximum absolute atomic E-state index is 9.47. The van der Waals surface area contributed by atoms with Crippen molar-refractivity contribution in [2.24, 2.45) is 0 Å². The van der Waals surface area contributed by atoms with E-state index in [2.05, 4.69) is 11.4 Å². The molecule has 1 aromatic heterocycles. The van der Waals surface area contributed by atoms with Gasteiger partial charge in [0.25, 0.3) is 0 Å². The van der Waals surface area contributed by atoms with Crippen LogP contribution in [0.2, 0.25) is 0 Å². The molecule has 0 saturated heterocycles. The zero-order valence-electron chi connectivity index (χ0n) is 7.69. The Bertz CT molecular complexity index is 282. The first-order valence-electron chi connectivity index (χ1n) is 4.55. The molecule has 72 valence electrons. The Balaban J connectivity index is 2.04. The van der Waals surface area contributed by atoms with Crippen LogP contribution in [0.3, 0.4) is 0 Å². The lowest BCUT2D eigenvalue weighted by Crippen LogP contribution is -2.28. The van der Waals surface area contributed by atoms with Gasteiger partial charge in [0, 0.05) is 17.9 Å². The van der Waals surface area contributed by atoms with Gasteiger partial charge in [-0.15, -0.1) is 11.3 Å². The number of hydrogen-bond acceptors (Lipinski definition) is 3. The first-order chi connectivity index (χ1) is 6.31. The summed E-state index contributed by atoms with van der Waals surface area (Å²) in [6.45, 7) is 0.688. The molecule has 13 heavy (non-hydrogen) atoms. The van der Waals surface area contributed by atoms with Gasteiger partial charge in [-0.1, -0.05) is 0 Å². The third kappa shape index (κ3) is 1.77. The first-order valence-corrected chi connectivity index (χ1v) is 5.43. The number of hydrogen-bond donors (Lipinski definition) is 1. The van der Waals surface area contributed by atoms with Crippen LogP contribution in [0.1, 0.15) is 29.2 Å². The second kappa shape index (κ2) is 3.78. The summed E-state index contributed by atoms with van der Waals surface area (Å²) in [5, 5.41) is 11.6. The van der Waals surface area contributed by atoms with Gasteiger partial charge in [0.15, 0.2) is 0 Å². The van der Waals surface area contributed by atoms with E-state index < -0.39 is 0 Å². The fraction of sp³-hybridized carbons (Fsp3) is 0.600. The van der Waals surface area contributed by atoms with E-state index in [1.807, 2.05) is 0 Å². The molecule has 1 fully saturated rings. The lowest BCUT2D eigenvalue weighted by atomic mass is 9.78. The fourth-order valence-corrected chi connectivity index (χ4v) is 2.60. The highest BCUT2D eigenvalue weighted by molar-refractivity contribution is 7.10. The molecule has 1 aromatic rings. The zero-order valence-corrected chi connectivity index (χ0v) is 8.51. The average Bonchev–Trinajstić information content (AvgIpc) is 2.51. The number of rotatable bonds is 3. The van der Waals surface area contributed by atoms with Gasteiger partial charge in [0.05, 0.1) is 12.7 Å². The third-order valence-electron chi connectivity index (χ3n) is 2.63. The molecule has 0 amide bonds. The second-order valence-corrected chi connectivity index (χ2v) is 4.53. The van der Waals surface area contributed by atoms with E-state index in [9.17, 15) is 5.11 Å². The van der Waals surface area contributed by atoms with Crippen LogP contribution in [0.5, 0.6) is 0 Å². The van der Waals surface area contributed by atoms with Crippen LogP contribution in [-0.2, 0) is 11.3 Å². The Kier molecular flexibility index (Phi) is 2.67. The number of aliphatic hydroxyl groups is 1. The van der Waals surface area contributed by atoms with Crippen LogP contribution in [0, 0.1) is 0 Å². The van der Waals surface area contributed by atoms with Crippen molar-refractivity contribution in [1.29, 1.82) is 0 Å². The van der Waals surface area contributed by atoms with Gasteiger partial charge in [-0.2, -0.15) is 0 Å². The molecule has 2 nitrogen and oxygen atoms in total. The molecule has 1 aliphatic rings. The minimum atomic E-state index is -0.106. The summed E-state index contributed by atoms with van der Waals surface area (Å²) in [6, 6.07) is 2.15. The Labute approximate surface area is 82.2 Å². The van der Waals surface area contributed by atoms with Crippen LogP contribution >= 0.6 is 11.3 Å². The van der Waals surface area contributed by atoms with Crippen molar-refractivity contribution < 1.29 is 9.84 Å². The highest BCUT2D eigenvalue weighted by Crippen LogP contribution is 2.38. The highest BCUT2D eigenvalue weighted by Gasteiger charge is 2.30. The summed E-state index contributed by atoms with van der Waals surface area (Å²) in [4.78, 5) is 1.25. The van der Waals surface area contributed by atoms with Crippen molar-refractivity contribution in [1.82, 2.24) is 0 Å². The van der Waals surface area contributed by atoms with E-state index in [1.54, 1.807) is 18.4 Å². The van der Waals surface area contributed by atoms with Crippen LogP contribution in [-0.4, -0.2) is 18.3 Å². The Morgan fingerprint density at radius 3 is 3.00 bits per heavy atom. The predicted octanol–water partition coefficient (Wildman–Crippen LogP) is 2.13. The topological polar surface area (TPSA) is 29.5 Å². The van der Waals surface area contributed by atoms with Crippen molar-refractivity contribution in [3.8, 4) is 0 Å². The minimum Gasteiger partial charge on any atom is -0.392 e. The van der Waals surface area contributed by atoms with Crippen molar-refractivity contribution in [3.05, 3.63) is 21.9 Å². The Morgan fingerprint density at radius 1 is 1.62 bits per heavy atom. The molecule has 1 heterocycles. The van der Waals surface area contributed by atoms with Gasteiger partial charge in [0.1, 0.15) is 0 Å². The summed E-state index contributed by atoms with van der Waals surface area (Å²) in [6.07, 6.45) is 1.98. The van der Waals surface area contributed by atoms with Crippen LogP contribution in [0.15, 0.2) is 11.4 Å². The first kappa shape index (κ1) is 9.19. The van der Waals surface area contributed by atoms with Crippen molar-refractivity contribution in [2.45, 2.75) is 31.5 Å². The maximum Gasteiger partial charge on any atom is 0.0805 e. The van der Waals surface area contributed by atoms with Gasteiger partial charge in [0.2, 0.25) is 0 Å². The average molecular weight is 198 g/mol. The molecule has 3 heteroatoms. The number of methoxy groups -OCH3 is 1. The maximum atomic E-state index is 9.47. The van der Waals surface area contributed by atoms with Crippen LogP contribution in [0.25, 0.3) is 0 Å². The monoisotopic (exact) mass is 198 g/mol. The fourth-order valence-electron chi connectivity index (χ4n) is 1.68. The van der Waals surface area contributed by atoms with E-state index in [-0.39, 0.29) is 6.10 Å². The molecule has 2 unspecified atom stereocenters. The quantitative estimate of drug-likeness (QED) is 0.806. The minimum absolute atomic E-state index is 0.106. The molecule has 0 radical (unpaired) electrons. The summed E-state index contributed by atoms with van der Waals surface area (Å²) in [5.74, 6) is 0.391. The molecule has 1 aliphatic carbocycles. The third-order valence-corrected chi connectivity index (χ3v) is 3.56. The Morgan fingerprint density at radius 2 is 2.46 bits per heavy atom. The molecular formula is C10H14O2S. The lowest BCUT2D eigenvalue weighted by Gasteiger charge is -2.31. The molecule has 2 rings (SSSR count). The summed E-state index contributed by atoms with van der Waals surface area (Å²) in [5.41, 5.74) is 1.29. The molecule has 1 N–H and O–H groups in total. The van der Waals surface area contributed by atoms with Gasteiger partial charge >= 0.3 is 0 Å². The molecule has 0 bridgehead atoms. The van der Waals surface area contributed by atoms with Gasteiger partial charge in [-0.05, 0) is 29.9 Å². The molecule has 1 saturated carbocycles. The van der Waals surface area contributed by atoms with E-state index in [0.29, 0.717) is 12.5 Å². The number of ether oxygens (including phenoxy) is 1. The standard InChI is InChI=1S/C10H14O2S/c1-12-5-8-4-7(6-13-8)9-2-3-10(9)11/h4,6,9-11H,2-3,5H2,1H3. The normalized spacial score (nSPS) is 27.2. The smallest absolute Gasteiger partial charge is 0.0805 e. The Hall–Kier alpha value is -0.380. The van der Waals surface area contributed by atoms with Crippen LogP contribution < -0.4 is 0 Å². The molecule has 0 spiro atoms. The van der Waals surface area contributed by atoms with Crippen molar-refractivity contribution in [2.75, 3.05) is 7.11 Å². The predicted molar refractivity (Wildman–Crippen MR) is 53.0 cm³/mol. The SMILES string of the molecule is COCc1cc(C2CCC2O)cs1. The van der Waals surface area contributed by atoms with Gasteiger partial charge in [-0.25, -0.2) is 0 Å². The summed E-state index contributed by atoms with van der Waals surface area (Å²) in [7, 11) is 1.71. The zero-order chi connectivity index (χ0) is 9.26. The van der Waals surface area contributed by atoms with Crippen LogP contribution in [0.4, 0.5) is 0 Å². The largest absolute Gasteiger partial charge is 0.392 e. The van der Waals surface area contributed by atoms with E-state index >= 15 is 0 Å².